The molecule has 0 aliphatic carbocycles. The zero-order chi connectivity index (χ0) is 19.7. The molecule has 0 amide bonds. The number of ether oxygens (including phenoxy) is 2. The first-order chi connectivity index (χ1) is 13.5. The molecule has 0 unspecified atom stereocenters. The molecule has 1 aromatic carbocycles. The van der Waals surface area contributed by atoms with Gasteiger partial charge in [-0.1, -0.05) is 13.0 Å². The van der Waals surface area contributed by atoms with Crippen molar-refractivity contribution >= 4 is 11.2 Å². The molecule has 144 valence electrons. The lowest BCUT2D eigenvalue weighted by molar-refractivity contribution is 0.300. The summed E-state index contributed by atoms with van der Waals surface area (Å²) in [4.78, 5) is 13.0. The maximum atomic E-state index is 13.6. The normalized spacial score (nSPS) is 11.1. The van der Waals surface area contributed by atoms with Crippen LogP contribution in [0.25, 0.3) is 22.7 Å². The van der Waals surface area contributed by atoms with E-state index in [9.17, 15) is 4.39 Å². The summed E-state index contributed by atoms with van der Waals surface area (Å²) < 4.78 is 32.3. The molecule has 3 aromatic heterocycles. The molecule has 0 atom stereocenters. The summed E-state index contributed by atoms with van der Waals surface area (Å²) in [5.41, 5.74) is 1.83. The molecule has 4 rings (SSSR count). The van der Waals surface area contributed by atoms with Crippen LogP contribution < -0.4 is 9.47 Å². The quantitative estimate of drug-likeness (QED) is 0.496. The first kappa shape index (κ1) is 17.9. The SMILES string of the molecule is CCCOc1nc(Oc2cc(C)nn2C)nc2oc(-c3cccc(F)c3)nc12. The van der Waals surface area contributed by atoms with Gasteiger partial charge in [0.2, 0.25) is 11.8 Å². The lowest BCUT2D eigenvalue weighted by Crippen LogP contribution is -2.02. The van der Waals surface area contributed by atoms with Gasteiger partial charge in [0.25, 0.3) is 11.6 Å². The fourth-order valence-corrected chi connectivity index (χ4v) is 2.64. The fraction of sp³-hybridized carbons (Fsp3) is 0.263. The highest BCUT2D eigenvalue weighted by atomic mass is 19.1. The highest BCUT2D eigenvalue weighted by Crippen LogP contribution is 2.31. The van der Waals surface area contributed by atoms with Gasteiger partial charge in [-0.15, -0.1) is 0 Å². The van der Waals surface area contributed by atoms with Crippen molar-refractivity contribution in [2.45, 2.75) is 20.3 Å². The van der Waals surface area contributed by atoms with Crippen molar-refractivity contribution in [3.8, 4) is 29.2 Å². The highest BCUT2D eigenvalue weighted by Gasteiger charge is 2.19. The second-order valence-corrected chi connectivity index (χ2v) is 6.19. The third-order valence-corrected chi connectivity index (χ3v) is 3.88. The molecular formula is C19H18FN5O3. The average molecular weight is 383 g/mol. The maximum Gasteiger partial charge on any atom is 0.330 e. The van der Waals surface area contributed by atoms with Crippen molar-refractivity contribution in [1.82, 2.24) is 24.7 Å². The number of oxazole rings is 1. The summed E-state index contributed by atoms with van der Waals surface area (Å²) in [5.74, 6) is 0.554. The minimum atomic E-state index is -0.385. The molecule has 0 bridgehead atoms. The van der Waals surface area contributed by atoms with Crippen LogP contribution >= 0.6 is 0 Å². The largest absolute Gasteiger partial charge is 0.476 e. The summed E-state index contributed by atoms with van der Waals surface area (Å²) >= 11 is 0. The summed E-state index contributed by atoms with van der Waals surface area (Å²) in [5, 5.41) is 4.23. The van der Waals surface area contributed by atoms with Gasteiger partial charge in [-0.25, -0.2) is 14.1 Å². The zero-order valence-electron chi connectivity index (χ0n) is 15.6. The Balaban J connectivity index is 1.78. The van der Waals surface area contributed by atoms with Gasteiger partial charge in [0.1, 0.15) is 5.82 Å². The minimum absolute atomic E-state index is 0.0449. The number of halogens is 1. The standard InChI is InChI=1S/C19H18FN5O3/c1-4-8-26-17-15-18(28-16(21-15)12-6-5-7-13(20)10-12)23-19(22-17)27-14-9-11(2)24-25(14)3/h5-7,9-10H,4,8H2,1-3H3. The van der Waals surface area contributed by atoms with E-state index in [4.69, 9.17) is 13.9 Å². The van der Waals surface area contributed by atoms with E-state index in [2.05, 4.69) is 20.1 Å². The van der Waals surface area contributed by atoms with Gasteiger partial charge in [-0.05, 0) is 31.5 Å². The summed E-state index contributed by atoms with van der Waals surface area (Å²) in [6, 6.07) is 7.77. The molecule has 0 aliphatic rings. The number of fused-ring (bicyclic) bond motifs is 1. The van der Waals surface area contributed by atoms with Crippen molar-refractivity contribution < 1.29 is 18.3 Å². The summed E-state index contributed by atoms with van der Waals surface area (Å²) in [6.45, 7) is 4.28. The van der Waals surface area contributed by atoms with Crippen molar-refractivity contribution in [3.63, 3.8) is 0 Å². The van der Waals surface area contributed by atoms with Crippen LogP contribution in [0.2, 0.25) is 0 Å². The monoisotopic (exact) mass is 383 g/mol. The lowest BCUT2D eigenvalue weighted by atomic mass is 10.2. The molecule has 4 aromatic rings. The Bertz CT molecular complexity index is 1140. The molecular weight excluding hydrogens is 365 g/mol. The predicted octanol–water partition coefficient (Wildman–Crippen LogP) is 4.05. The lowest BCUT2D eigenvalue weighted by Gasteiger charge is -2.06. The molecule has 9 heteroatoms. The van der Waals surface area contributed by atoms with Crippen LogP contribution in [0.1, 0.15) is 19.0 Å². The Morgan fingerprint density at radius 3 is 2.75 bits per heavy atom. The van der Waals surface area contributed by atoms with Crippen LogP contribution in [-0.4, -0.2) is 31.3 Å². The molecule has 8 nitrogen and oxygen atoms in total. The number of benzene rings is 1. The van der Waals surface area contributed by atoms with Gasteiger partial charge < -0.3 is 13.9 Å². The maximum absolute atomic E-state index is 13.6. The van der Waals surface area contributed by atoms with Gasteiger partial charge >= 0.3 is 6.01 Å². The Kier molecular flexibility index (Phi) is 4.64. The number of aryl methyl sites for hydroxylation is 2. The number of rotatable bonds is 6. The smallest absolute Gasteiger partial charge is 0.330 e. The summed E-state index contributed by atoms with van der Waals surface area (Å²) in [7, 11) is 1.76. The second kappa shape index (κ2) is 7.26. The molecule has 3 heterocycles. The van der Waals surface area contributed by atoms with E-state index in [1.165, 1.54) is 12.1 Å². The van der Waals surface area contributed by atoms with Crippen molar-refractivity contribution in [2.75, 3.05) is 6.61 Å². The van der Waals surface area contributed by atoms with Crippen LogP contribution in [0.3, 0.4) is 0 Å². The van der Waals surface area contributed by atoms with E-state index in [0.29, 0.717) is 23.6 Å². The van der Waals surface area contributed by atoms with Crippen molar-refractivity contribution in [1.29, 1.82) is 0 Å². The number of hydrogen-bond acceptors (Lipinski definition) is 7. The van der Waals surface area contributed by atoms with Gasteiger partial charge in [0.05, 0.1) is 12.3 Å². The van der Waals surface area contributed by atoms with Crippen LogP contribution in [0, 0.1) is 12.7 Å². The zero-order valence-corrected chi connectivity index (χ0v) is 15.6. The van der Waals surface area contributed by atoms with Crippen LogP contribution in [-0.2, 0) is 7.05 Å². The van der Waals surface area contributed by atoms with Gasteiger partial charge in [-0.2, -0.15) is 15.1 Å². The Labute approximate surface area is 160 Å². The third-order valence-electron chi connectivity index (χ3n) is 3.88. The number of hydrogen-bond donors (Lipinski definition) is 0. The van der Waals surface area contributed by atoms with Gasteiger partial charge in [0, 0.05) is 18.7 Å². The van der Waals surface area contributed by atoms with Crippen LogP contribution in [0.5, 0.6) is 17.8 Å². The topological polar surface area (TPSA) is 88.1 Å². The molecule has 0 fully saturated rings. The van der Waals surface area contributed by atoms with Gasteiger partial charge in [0.15, 0.2) is 5.52 Å². The molecule has 0 saturated heterocycles. The van der Waals surface area contributed by atoms with E-state index in [1.54, 1.807) is 29.9 Å². The first-order valence-electron chi connectivity index (χ1n) is 8.79. The molecule has 0 spiro atoms. The first-order valence-corrected chi connectivity index (χ1v) is 8.79. The van der Waals surface area contributed by atoms with Crippen LogP contribution in [0.15, 0.2) is 34.7 Å². The molecule has 28 heavy (non-hydrogen) atoms. The van der Waals surface area contributed by atoms with E-state index in [0.717, 1.165) is 12.1 Å². The molecule has 0 aliphatic heterocycles. The molecule has 0 radical (unpaired) electrons. The van der Waals surface area contributed by atoms with E-state index in [1.807, 2.05) is 13.8 Å². The predicted molar refractivity (Wildman–Crippen MR) is 98.8 cm³/mol. The van der Waals surface area contributed by atoms with E-state index in [-0.39, 0.29) is 29.3 Å². The van der Waals surface area contributed by atoms with Gasteiger partial charge in [-0.3, -0.25) is 0 Å². The average Bonchev–Trinajstić information content (AvgIpc) is 3.22. The van der Waals surface area contributed by atoms with E-state index < -0.39 is 0 Å². The summed E-state index contributed by atoms with van der Waals surface area (Å²) in [6.07, 6.45) is 0.789. The van der Waals surface area contributed by atoms with E-state index >= 15 is 0 Å². The Hall–Kier alpha value is -3.49. The van der Waals surface area contributed by atoms with Crippen molar-refractivity contribution in [2.24, 2.45) is 7.05 Å². The fourth-order valence-electron chi connectivity index (χ4n) is 2.64. The minimum Gasteiger partial charge on any atom is -0.476 e. The number of nitrogens with zero attached hydrogens (tertiary/aromatic N) is 5. The molecule has 0 saturated carbocycles. The Morgan fingerprint density at radius 1 is 1.18 bits per heavy atom. The third kappa shape index (κ3) is 3.51. The van der Waals surface area contributed by atoms with Crippen LogP contribution in [0.4, 0.5) is 4.39 Å². The number of aromatic nitrogens is 5. The molecule has 0 N–H and O–H groups in total. The second-order valence-electron chi connectivity index (χ2n) is 6.19. The van der Waals surface area contributed by atoms with Crippen molar-refractivity contribution in [3.05, 3.63) is 41.8 Å². The highest BCUT2D eigenvalue weighted by molar-refractivity contribution is 5.77. The Morgan fingerprint density at radius 2 is 2.04 bits per heavy atom.